The molecule has 0 aromatic heterocycles. The molecule has 1 heterocycles. The number of nitrogens with two attached hydrogens (primary N) is 1. The molecule has 0 saturated carbocycles. The summed E-state index contributed by atoms with van der Waals surface area (Å²) in [6.45, 7) is 1.87. The van der Waals surface area contributed by atoms with Gasteiger partial charge in [-0.1, -0.05) is 12.1 Å². The van der Waals surface area contributed by atoms with Gasteiger partial charge in [0.2, 0.25) is 0 Å². The van der Waals surface area contributed by atoms with Gasteiger partial charge >= 0.3 is 0 Å². The lowest BCUT2D eigenvalue weighted by Gasteiger charge is -2.28. The van der Waals surface area contributed by atoms with E-state index in [9.17, 15) is 10.1 Å². The molecule has 0 atom stereocenters. The van der Waals surface area contributed by atoms with Gasteiger partial charge in [-0.2, -0.15) is 0 Å². The third-order valence-corrected chi connectivity index (χ3v) is 2.78. The first-order chi connectivity index (χ1) is 8.29. The van der Waals surface area contributed by atoms with Crippen molar-refractivity contribution in [3.05, 3.63) is 34.4 Å². The molecule has 0 bridgehead atoms. The van der Waals surface area contributed by atoms with E-state index in [-0.39, 0.29) is 10.6 Å². The lowest BCUT2D eigenvalue weighted by Crippen LogP contribution is -2.29. The summed E-state index contributed by atoms with van der Waals surface area (Å²) in [7, 11) is 1.50. The zero-order valence-electron chi connectivity index (χ0n) is 10.1. The first-order valence-corrected chi connectivity index (χ1v) is 5.85. The van der Waals surface area contributed by atoms with Crippen molar-refractivity contribution in [2.75, 3.05) is 25.0 Å². The van der Waals surface area contributed by atoms with Crippen LogP contribution in [0.15, 0.2) is 24.3 Å². The molecule has 1 aromatic rings. The quantitative estimate of drug-likeness (QED) is 0.632. The number of nitro groups is 1. The lowest BCUT2D eigenvalue weighted by molar-refractivity contribution is -0.384. The second-order valence-corrected chi connectivity index (χ2v) is 3.79. The molecule has 2 N–H and O–H groups in total. The van der Waals surface area contributed by atoms with Gasteiger partial charge in [0.1, 0.15) is 5.69 Å². The van der Waals surface area contributed by atoms with Crippen LogP contribution < -0.4 is 10.6 Å². The first-order valence-electron chi connectivity index (χ1n) is 5.85. The Labute approximate surface area is 101 Å². The highest BCUT2D eigenvalue weighted by Crippen LogP contribution is 2.29. The molecule has 17 heavy (non-hydrogen) atoms. The second kappa shape index (κ2) is 6.85. The number of hydrogen-bond acceptors (Lipinski definition) is 4. The topological polar surface area (TPSA) is 72.4 Å². The number of rotatable bonds is 2. The zero-order valence-corrected chi connectivity index (χ0v) is 10.1. The van der Waals surface area contributed by atoms with Crippen LogP contribution in [0, 0.1) is 10.1 Å². The summed E-state index contributed by atoms with van der Waals surface area (Å²) in [6.07, 6.45) is 3.50. The van der Waals surface area contributed by atoms with Crippen molar-refractivity contribution in [2.24, 2.45) is 5.73 Å². The van der Waals surface area contributed by atoms with Gasteiger partial charge in [-0.3, -0.25) is 10.1 Å². The number of nitrogens with zero attached hydrogens (tertiary/aromatic N) is 2. The predicted molar refractivity (Wildman–Crippen MR) is 69.3 cm³/mol. The van der Waals surface area contributed by atoms with Crippen molar-refractivity contribution >= 4 is 11.4 Å². The average molecular weight is 237 g/mol. The SMILES string of the molecule is CN.O=[N+]([O-])c1ccccc1N1CCCCC1. The van der Waals surface area contributed by atoms with Crippen LogP contribution >= 0.6 is 0 Å². The normalized spacial score (nSPS) is 14.8. The first kappa shape index (κ1) is 13.4. The molecule has 0 aliphatic carbocycles. The molecule has 5 heteroatoms. The summed E-state index contributed by atoms with van der Waals surface area (Å²) in [6, 6.07) is 6.98. The monoisotopic (exact) mass is 237 g/mol. The van der Waals surface area contributed by atoms with Gasteiger partial charge < -0.3 is 10.6 Å². The number of piperidine rings is 1. The maximum atomic E-state index is 10.8. The molecule has 1 aliphatic rings. The summed E-state index contributed by atoms with van der Waals surface area (Å²) in [5.41, 5.74) is 5.49. The van der Waals surface area contributed by atoms with Crippen LogP contribution in [0.3, 0.4) is 0 Å². The Morgan fingerprint density at radius 1 is 1.18 bits per heavy atom. The van der Waals surface area contributed by atoms with E-state index >= 15 is 0 Å². The molecular formula is C12H19N3O2. The minimum Gasteiger partial charge on any atom is -0.366 e. The molecule has 0 unspecified atom stereocenters. The fraction of sp³-hybridized carbons (Fsp3) is 0.500. The summed E-state index contributed by atoms with van der Waals surface area (Å²) in [5.74, 6) is 0. The number of anilines is 1. The van der Waals surface area contributed by atoms with Gasteiger partial charge in [0.05, 0.1) is 4.92 Å². The fourth-order valence-corrected chi connectivity index (χ4v) is 2.02. The van der Waals surface area contributed by atoms with Crippen LogP contribution in [-0.4, -0.2) is 25.1 Å². The Hall–Kier alpha value is -1.62. The molecule has 5 nitrogen and oxygen atoms in total. The van der Waals surface area contributed by atoms with Gasteiger partial charge in [0.25, 0.3) is 5.69 Å². The van der Waals surface area contributed by atoms with E-state index in [1.54, 1.807) is 12.1 Å². The molecule has 0 spiro atoms. The minimum absolute atomic E-state index is 0.222. The number of para-hydroxylation sites is 2. The number of nitro benzene ring substituents is 1. The van der Waals surface area contributed by atoms with Crippen LogP contribution in [0.2, 0.25) is 0 Å². The fourth-order valence-electron chi connectivity index (χ4n) is 2.02. The van der Waals surface area contributed by atoms with Crippen molar-refractivity contribution in [3.8, 4) is 0 Å². The summed E-state index contributed by atoms with van der Waals surface area (Å²) in [5, 5.41) is 10.8. The van der Waals surface area contributed by atoms with Crippen LogP contribution in [0.1, 0.15) is 19.3 Å². The summed E-state index contributed by atoms with van der Waals surface area (Å²) >= 11 is 0. The molecular weight excluding hydrogens is 218 g/mol. The smallest absolute Gasteiger partial charge is 0.292 e. The summed E-state index contributed by atoms with van der Waals surface area (Å²) < 4.78 is 0. The zero-order chi connectivity index (χ0) is 12.7. The van der Waals surface area contributed by atoms with Crippen molar-refractivity contribution in [1.29, 1.82) is 0 Å². The van der Waals surface area contributed by atoms with Crippen molar-refractivity contribution in [1.82, 2.24) is 0 Å². The van der Waals surface area contributed by atoms with E-state index in [0.717, 1.165) is 31.6 Å². The molecule has 1 saturated heterocycles. The highest BCUT2D eigenvalue weighted by molar-refractivity contribution is 5.63. The molecule has 2 rings (SSSR count). The Morgan fingerprint density at radius 2 is 1.76 bits per heavy atom. The van der Waals surface area contributed by atoms with E-state index in [4.69, 9.17) is 0 Å². The largest absolute Gasteiger partial charge is 0.366 e. The Bertz CT molecular complexity index is 363. The van der Waals surface area contributed by atoms with Crippen LogP contribution in [0.5, 0.6) is 0 Å². The van der Waals surface area contributed by atoms with Crippen molar-refractivity contribution in [3.63, 3.8) is 0 Å². The number of benzene rings is 1. The van der Waals surface area contributed by atoms with Crippen molar-refractivity contribution < 1.29 is 4.92 Å². The van der Waals surface area contributed by atoms with E-state index in [2.05, 4.69) is 10.6 Å². The van der Waals surface area contributed by atoms with Crippen LogP contribution in [0.4, 0.5) is 11.4 Å². The summed E-state index contributed by atoms with van der Waals surface area (Å²) in [4.78, 5) is 12.7. The average Bonchev–Trinajstić information content (AvgIpc) is 2.42. The van der Waals surface area contributed by atoms with Gasteiger partial charge in [-0.15, -0.1) is 0 Å². The van der Waals surface area contributed by atoms with Gasteiger partial charge in [0.15, 0.2) is 0 Å². The predicted octanol–water partition coefficient (Wildman–Crippen LogP) is 2.16. The maximum absolute atomic E-state index is 10.8. The highest BCUT2D eigenvalue weighted by Gasteiger charge is 2.19. The molecule has 1 aromatic carbocycles. The standard InChI is InChI=1S/C11H14N2O2.CH5N/c14-13(15)11-7-3-2-6-10(11)12-8-4-1-5-9-12;1-2/h2-3,6-7H,1,4-5,8-9H2;2H2,1H3. The number of hydrogen-bond donors (Lipinski definition) is 1. The van der Waals surface area contributed by atoms with E-state index in [0.29, 0.717) is 0 Å². The Balaban J connectivity index is 0.000000686. The van der Waals surface area contributed by atoms with Crippen LogP contribution in [-0.2, 0) is 0 Å². The molecule has 0 radical (unpaired) electrons. The van der Waals surface area contributed by atoms with E-state index in [1.165, 1.54) is 13.5 Å². The third-order valence-electron chi connectivity index (χ3n) is 2.78. The highest BCUT2D eigenvalue weighted by atomic mass is 16.6. The molecule has 94 valence electrons. The Kier molecular flexibility index (Phi) is 5.42. The third kappa shape index (κ3) is 3.42. The maximum Gasteiger partial charge on any atom is 0.292 e. The molecule has 1 fully saturated rings. The van der Waals surface area contributed by atoms with Gasteiger partial charge in [0, 0.05) is 19.2 Å². The Morgan fingerprint density at radius 3 is 2.35 bits per heavy atom. The van der Waals surface area contributed by atoms with E-state index in [1.807, 2.05) is 12.1 Å². The van der Waals surface area contributed by atoms with Gasteiger partial charge in [-0.05, 0) is 32.4 Å². The van der Waals surface area contributed by atoms with Crippen LogP contribution in [0.25, 0.3) is 0 Å². The van der Waals surface area contributed by atoms with Gasteiger partial charge in [-0.25, -0.2) is 0 Å². The molecule has 0 amide bonds. The minimum atomic E-state index is -0.302. The van der Waals surface area contributed by atoms with E-state index < -0.39 is 0 Å². The van der Waals surface area contributed by atoms with Crippen molar-refractivity contribution in [2.45, 2.75) is 19.3 Å². The lowest BCUT2D eigenvalue weighted by atomic mass is 10.1. The molecule has 1 aliphatic heterocycles. The second-order valence-electron chi connectivity index (χ2n) is 3.79.